The second kappa shape index (κ2) is 12.5. The van der Waals surface area contributed by atoms with Gasteiger partial charge in [-0.05, 0) is 56.0 Å². The summed E-state index contributed by atoms with van der Waals surface area (Å²) in [5.41, 5.74) is 3.37. The van der Waals surface area contributed by atoms with Gasteiger partial charge in [-0.1, -0.05) is 72.8 Å². The highest BCUT2D eigenvalue weighted by molar-refractivity contribution is 8.00. The Balaban J connectivity index is 1.53. The number of rotatable bonds is 9. The molecule has 39 heavy (non-hydrogen) atoms. The van der Waals surface area contributed by atoms with E-state index in [4.69, 9.17) is 0 Å². The zero-order valence-electron chi connectivity index (χ0n) is 22.5. The van der Waals surface area contributed by atoms with Crippen LogP contribution in [0.25, 0.3) is 0 Å². The van der Waals surface area contributed by atoms with Crippen molar-refractivity contribution in [2.24, 2.45) is 0 Å². The maximum Gasteiger partial charge on any atom is 0.254 e. The Labute approximate surface area is 234 Å². The molecule has 0 aliphatic carbocycles. The second-order valence-corrected chi connectivity index (χ2v) is 11.9. The first kappa shape index (κ1) is 28.4. The van der Waals surface area contributed by atoms with E-state index < -0.39 is 28.8 Å². The highest BCUT2D eigenvalue weighted by Crippen LogP contribution is 2.40. The van der Waals surface area contributed by atoms with Crippen LogP contribution in [0.5, 0.6) is 0 Å². The standard InChI is InChI=1S/C31H35N3O4S/c1-21-12-10-11-17-24(21)19-32-29(37)27-31(2,3)39-20-34(27)30(38)26(35)25(18-22-13-6-4-7-14-22)33-28(36)23-15-8-5-9-16-23/h4-17,25-27,35H,18-20H2,1-3H3,(H,32,37)(H,33,36)/t25-,26-,27+/m0/s1. The van der Waals surface area contributed by atoms with Crippen LogP contribution in [0.2, 0.25) is 0 Å². The number of hydrogen-bond donors (Lipinski definition) is 3. The lowest BCUT2D eigenvalue weighted by Crippen LogP contribution is -2.58. The summed E-state index contributed by atoms with van der Waals surface area (Å²) in [4.78, 5) is 41.6. The predicted octanol–water partition coefficient (Wildman–Crippen LogP) is 3.69. The smallest absolute Gasteiger partial charge is 0.254 e. The summed E-state index contributed by atoms with van der Waals surface area (Å²) in [5.74, 6) is -0.983. The van der Waals surface area contributed by atoms with Gasteiger partial charge >= 0.3 is 0 Å². The fourth-order valence-electron chi connectivity index (χ4n) is 4.79. The molecule has 1 aliphatic rings. The summed E-state index contributed by atoms with van der Waals surface area (Å²) in [6.45, 7) is 6.18. The summed E-state index contributed by atoms with van der Waals surface area (Å²) in [7, 11) is 0. The number of thioether (sulfide) groups is 1. The van der Waals surface area contributed by atoms with Gasteiger partial charge in [0.2, 0.25) is 5.91 Å². The van der Waals surface area contributed by atoms with Gasteiger partial charge in [0.25, 0.3) is 11.8 Å². The van der Waals surface area contributed by atoms with Crippen molar-refractivity contribution in [3.63, 3.8) is 0 Å². The second-order valence-electron chi connectivity index (χ2n) is 10.3. The number of aryl methyl sites for hydroxylation is 1. The summed E-state index contributed by atoms with van der Waals surface area (Å²) in [6.07, 6.45) is -1.29. The molecule has 7 nitrogen and oxygen atoms in total. The first-order valence-corrected chi connectivity index (χ1v) is 14.0. The van der Waals surface area contributed by atoms with Crippen molar-refractivity contribution in [2.75, 3.05) is 5.88 Å². The largest absolute Gasteiger partial charge is 0.381 e. The van der Waals surface area contributed by atoms with E-state index in [2.05, 4.69) is 10.6 Å². The summed E-state index contributed by atoms with van der Waals surface area (Å²) < 4.78 is -0.562. The SMILES string of the molecule is Cc1ccccc1CNC(=O)[C@H]1N(C(=O)[C@@H](O)[C@H](Cc2ccccc2)NC(=O)c2ccccc2)CSC1(C)C. The van der Waals surface area contributed by atoms with E-state index >= 15 is 0 Å². The number of carbonyl (C=O) groups excluding carboxylic acids is 3. The minimum Gasteiger partial charge on any atom is -0.381 e. The van der Waals surface area contributed by atoms with Crippen molar-refractivity contribution in [1.29, 1.82) is 0 Å². The summed E-state index contributed by atoms with van der Waals surface area (Å²) in [5, 5.41) is 17.2. The molecule has 0 aromatic heterocycles. The quantitative estimate of drug-likeness (QED) is 0.381. The molecule has 3 N–H and O–H groups in total. The van der Waals surface area contributed by atoms with Gasteiger partial charge in [0.15, 0.2) is 6.10 Å². The number of carbonyl (C=O) groups is 3. The third-order valence-electron chi connectivity index (χ3n) is 7.08. The average molecular weight is 546 g/mol. The molecule has 4 rings (SSSR count). The van der Waals surface area contributed by atoms with E-state index in [1.165, 1.54) is 16.7 Å². The summed E-state index contributed by atoms with van der Waals surface area (Å²) >= 11 is 1.49. The highest BCUT2D eigenvalue weighted by atomic mass is 32.2. The van der Waals surface area contributed by atoms with E-state index in [0.29, 0.717) is 12.1 Å². The number of nitrogens with zero attached hydrogens (tertiary/aromatic N) is 1. The first-order valence-electron chi connectivity index (χ1n) is 13.0. The van der Waals surface area contributed by atoms with Crippen molar-refractivity contribution in [3.8, 4) is 0 Å². The molecular weight excluding hydrogens is 510 g/mol. The van der Waals surface area contributed by atoms with Gasteiger partial charge in [-0.25, -0.2) is 0 Å². The minimum atomic E-state index is -1.54. The number of aliphatic hydroxyl groups is 1. The molecule has 3 aromatic rings. The molecule has 1 aliphatic heterocycles. The third kappa shape index (κ3) is 6.88. The van der Waals surface area contributed by atoms with Crippen molar-refractivity contribution >= 4 is 29.5 Å². The van der Waals surface area contributed by atoms with Crippen LogP contribution < -0.4 is 10.6 Å². The van der Waals surface area contributed by atoms with Gasteiger partial charge in [0.05, 0.1) is 11.9 Å². The van der Waals surface area contributed by atoms with E-state index in [1.807, 2.05) is 81.4 Å². The fourth-order valence-corrected chi connectivity index (χ4v) is 5.93. The Morgan fingerprint density at radius 2 is 1.59 bits per heavy atom. The average Bonchev–Trinajstić information content (AvgIpc) is 3.27. The van der Waals surface area contributed by atoms with Crippen LogP contribution >= 0.6 is 11.8 Å². The molecule has 1 saturated heterocycles. The van der Waals surface area contributed by atoms with Crippen molar-refractivity contribution in [2.45, 2.75) is 56.7 Å². The normalized spacial score (nSPS) is 17.7. The molecule has 0 spiro atoms. The third-order valence-corrected chi connectivity index (χ3v) is 8.45. The number of amides is 3. The van der Waals surface area contributed by atoms with Crippen LogP contribution in [-0.4, -0.2) is 56.5 Å². The highest BCUT2D eigenvalue weighted by Gasteiger charge is 2.49. The zero-order valence-corrected chi connectivity index (χ0v) is 23.3. The van der Waals surface area contributed by atoms with Crippen molar-refractivity contribution < 1.29 is 19.5 Å². The lowest BCUT2D eigenvalue weighted by molar-refractivity contribution is -0.147. The number of benzene rings is 3. The number of nitrogens with one attached hydrogen (secondary N) is 2. The lowest BCUT2D eigenvalue weighted by Gasteiger charge is -2.33. The van der Waals surface area contributed by atoms with Gasteiger partial charge in [0.1, 0.15) is 6.04 Å². The maximum absolute atomic E-state index is 13.8. The van der Waals surface area contributed by atoms with E-state index in [9.17, 15) is 19.5 Å². The molecule has 0 saturated carbocycles. The minimum absolute atomic E-state index is 0.251. The molecular formula is C31H35N3O4S. The monoisotopic (exact) mass is 545 g/mol. The van der Waals surface area contributed by atoms with E-state index in [-0.39, 0.29) is 24.1 Å². The Bertz CT molecular complexity index is 1300. The van der Waals surface area contributed by atoms with Gasteiger partial charge in [-0.3, -0.25) is 14.4 Å². The zero-order chi connectivity index (χ0) is 28.0. The molecule has 8 heteroatoms. The van der Waals surface area contributed by atoms with Crippen molar-refractivity contribution in [1.82, 2.24) is 15.5 Å². The molecule has 0 unspecified atom stereocenters. The van der Waals surface area contributed by atoms with Crippen LogP contribution in [0.4, 0.5) is 0 Å². The van der Waals surface area contributed by atoms with Crippen LogP contribution in [0.1, 0.15) is 40.9 Å². The predicted molar refractivity (Wildman–Crippen MR) is 154 cm³/mol. The van der Waals surface area contributed by atoms with Gasteiger partial charge in [-0.15, -0.1) is 11.8 Å². The number of hydrogen-bond acceptors (Lipinski definition) is 5. The van der Waals surface area contributed by atoms with Crippen LogP contribution in [0, 0.1) is 6.92 Å². The Hall–Kier alpha value is -3.62. The lowest BCUT2D eigenvalue weighted by atomic mass is 9.96. The van der Waals surface area contributed by atoms with Crippen molar-refractivity contribution in [3.05, 3.63) is 107 Å². The van der Waals surface area contributed by atoms with Crippen LogP contribution in [-0.2, 0) is 22.6 Å². The van der Waals surface area contributed by atoms with Gasteiger partial charge in [0, 0.05) is 16.9 Å². The summed E-state index contributed by atoms with van der Waals surface area (Å²) in [6, 6.07) is 24.2. The Morgan fingerprint density at radius 3 is 2.26 bits per heavy atom. The molecule has 0 radical (unpaired) electrons. The van der Waals surface area contributed by atoms with E-state index in [1.54, 1.807) is 24.3 Å². The number of aliphatic hydroxyl groups excluding tert-OH is 1. The molecule has 3 atom stereocenters. The molecule has 0 bridgehead atoms. The Morgan fingerprint density at radius 1 is 0.974 bits per heavy atom. The molecule has 3 aromatic carbocycles. The fraction of sp³-hybridized carbons (Fsp3) is 0.323. The maximum atomic E-state index is 13.8. The molecule has 204 valence electrons. The van der Waals surface area contributed by atoms with Crippen LogP contribution in [0.3, 0.4) is 0 Å². The van der Waals surface area contributed by atoms with Gasteiger partial charge < -0.3 is 20.6 Å². The van der Waals surface area contributed by atoms with E-state index in [0.717, 1.165) is 16.7 Å². The van der Waals surface area contributed by atoms with Gasteiger partial charge in [-0.2, -0.15) is 0 Å². The molecule has 3 amide bonds. The molecule has 1 fully saturated rings. The van der Waals surface area contributed by atoms with Crippen LogP contribution in [0.15, 0.2) is 84.9 Å². The Kier molecular flexibility index (Phi) is 9.09. The molecule has 1 heterocycles. The topological polar surface area (TPSA) is 98.7 Å². The first-order chi connectivity index (χ1) is 18.7.